The molecule has 1 aliphatic heterocycles. The van der Waals surface area contributed by atoms with Crippen molar-refractivity contribution in [2.75, 3.05) is 24.7 Å². The smallest absolute Gasteiger partial charge is 0.329 e. The van der Waals surface area contributed by atoms with Gasteiger partial charge in [0, 0.05) is 23.4 Å². The highest BCUT2D eigenvalue weighted by Crippen LogP contribution is 2.21. The number of ether oxygens (including phenoxy) is 1. The number of para-hydroxylation sites is 1. The molecule has 1 saturated heterocycles. The van der Waals surface area contributed by atoms with Crippen molar-refractivity contribution in [1.82, 2.24) is 9.88 Å². The molecule has 6 heteroatoms. The van der Waals surface area contributed by atoms with Crippen molar-refractivity contribution in [2.45, 2.75) is 13.0 Å². The molecule has 1 aliphatic rings. The fourth-order valence-corrected chi connectivity index (χ4v) is 3.64. The molecule has 5 nitrogen and oxygen atoms in total. The van der Waals surface area contributed by atoms with Gasteiger partial charge in [0.15, 0.2) is 0 Å². The molecule has 0 bridgehead atoms. The van der Waals surface area contributed by atoms with Gasteiger partial charge in [-0.2, -0.15) is 11.8 Å². The molecular weight excluding hydrogens is 312 g/mol. The number of thioether (sulfide) groups is 1. The largest absolute Gasteiger partial charge is 0.464 e. The number of nitrogens with zero attached hydrogens (tertiary/aromatic N) is 2. The molecule has 2 aromatic rings. The number of aromatic nitrogens is 1. The first-order valence-corrected chi connectivity index (χ1v) is 8.77. The Morgan fingerprint density at radius 3 is 2.96 bits per heavy atom. The average Bonchev–Trinajstić information content (AvgIpc) is 2.61. The number of fused-ring (bicyclic) bond motifs is 1. The number of esters is 1. The van der Waals surface area contributed by atoms with Crippen LogP contribution >= 0.6 is 11.8 Å². The van der Waals surface area contributed by atoms with Crippen molar-refractivity contribution in [1.29, 1.82) is 0 Å². The van der Waals surface area contributed by atoms with E-state index in [9.17, 15) is 9.59 Å². The van der Waals surface area contributed by atoms with Gasteiger partial charge in [0.05, 0.1) is 12.1 Å². The highest BCUT2D eigenvalue weighted by atomic mass is 32.2. The number of hydrogen-bond acceptors (Lipinski definition) is 5. The number of amides is 1. The molecule has 0 N–H and O–H groups in total. The van der Waals surface area contributed by atoms with E-state index in [-0.39, 0.29) is 11.9 Å². The van der Waals surface area contributed by atoms with Crippen LogP contribution in [0.5, 0.6) is 0 Å². The van der Waals surface area contributed by atoms with Crippen molar-refractivity contribution in [3.05, 3.63) is 42.1 Å². The lowest BCUT2D eigenvalue weighted by Crippen LogP contribution is -2.51. The second-order valence-electron chi connectivity index (χ2n) is 5.23. The molecule has 1 atom stereocenters. The molecule has 2 heterocycles. The standard InChI is InChI=1S/C17H18N2O3S/c1-2-22-17(21)15-11-23-10-9-19(15)16(20)14-8-7-12-5-3-4-6-13(12)18-14/h3-8,15H,2,9-11H2,1H3/t15-/m1/s1. The van der Waals surface area contributed by atoms with E-state index >= 15 is 0 Å². The molecular formula is C17H18N2O3S. The van der Waals surface area contributed by atoms with Gasteiger partial charge in [-0.25, -0.2) is 9.78 Å². The Balaban J connectivity index is 1.87. The van der Waals surface area contributed by atoms with Gasteiger partial charge < -0.3 is 9.64 Å². The van der Waals surface area contributed by atoms with Gasteiger partial charge in [-0.3, -0.25) is 4.79 Å². The Morgan fingerprint density at radius 1 is 1.30 bits per heavy atom. The maximum atomic E-state index is 12.8. The monoisotopic (exact) mass is 330 g/mol. The Hall–Kier alpha value is -2.08. The molecule has 0 saturated carbocycles. The summed E-state index contributed by atoms with van der Waals surface area (Å²) in [6.45, 7) is 2.61. The minimum Gasteiger partial charge on any atom is -0.464 e. The van der Waals surface area contributed by atoms with Crippen LogP contribution in [0.3, 0.4) is 0 Å². The molecule has 1 fully saturated rings. The molecule has 1 amide bonds. The molecule has 0 unspecified atom stereocenters. The zero-order chi connectivity index (χ0) is 16.2. The zero-order valence-corrected chi connectivity index (χ0v) is 13.7. The minimum absolute atomic E-state index is 0.214. The third kappa shape index (κ3) is 3.32. The molecule has 1 aromatic heterocycles. The van der Waals surface area contributed by atoms with E-state index in [1.54, 1.807) is 29.7 Å². The Bertz CT molecular complexity index is 735. The third-order valence-corrected chi connectivity index (χ3v) is 4.79. The second kappa shape index (κ2) is 7.00. The van der Waals surface area contributed by atoms with Crippen molar-refractivity contribution in [3.8, 4) is 0 Å². The normalized spacial score (nSPS) is 18.0. The van der Waals surface area contributed by atoms with Gasteiger partial charge in [0.25, 0.3) is 5.91 Å². The lowest BCUT2D eigenvalue weighted by molar-refractivity contribution is -0.147. The van der Waals surface area contributed by atoms with Gasteiger partial charge >= 0.3 is 5.97 Å². The molecule has 0 spiro atoms. The number of benzene rings is 1. The maximum Gasteiger partial charge on any atom is 0.329 e. The Kier molecular flexibility index (Phi) is 4.81. The minimum atomic E-state index is -0.533. The van der Waals surface area contributed by atoms with Crippen molar-refractivity contribution in [2.24, 2.45) is 0 Å². The fraction of sp³-hybridized carbons (Fsp3) is 0.353. The van der Waals surface area contributed by atoms with Crippen LogP contribution in [0.15, 0.2) is 36.4 Å². The lowest BCUT2D eigenvalue weighted by Gasteiger charge is -2.33. The first-order chi connectivity index (χ1) is 11.2. The summed E-state index contributed by atoms with van der Waals surface area (Å²) in [5, 5.41) is 0.986. The van der Waals surface area contributed by atoms with E-state index in [1.165, 1.54) is 0 Å². The number of rotatable bonds is 3. The molecule has 1 aromatic carbocycles. The summed E-state index contributed by atoms with van der Waals surface area (Å²) in [5.41, 5.74) is 1.14. The maximum absolute atomic E-state index is 12.8. The SMILES string of the molecule is CCOC(=O)[C@H]1CSCCN1C(=O)c1ccc2ccccc2n1. The van der Waals surface area contributed by atoms with Gasteiger partial charge in [-0.15, -0.1) is 0 Å². The van der Waals surface area contributed by atoms with Crippen molar-refractivity contribution in [3.63, 3.8) is 0 Å². The highest BCUT2D eigenvalue weighted by Gasteiger charge is 2.34. The van der Waals surface area contributed by atoms with Crippen LogP contribution in [0.2, 0.25) is 0 Å². The number of carbonyl (C=O) groups excluding carboxylic acids is 2. The average molecular weight is 330 g/mol. The van der Waals surface area contributed by atoms with Crippen molar-refractivity contribution >= 4 is 34.5 Å². The molecule has 0 aliphatic carbocycles. The molecule has 3 rings (SSSR count). The van der Waals surface area contributed by atoms with Crippen LogP contribution < -0.4 is 0 Å². The van der Waals surface area contributed by atoms with E-state index in [4.69, 9.17) is 4.74 Å². The summed E-state index contributed by atoms with van der Waals surface area (Å²) < 4.78 is 5.10. The van der Waals surface area contributed by atoms with Crippen LogP contribution in [-0.2, 0) is 9.53 Å². The first kappa shape index (κ1) is 15.8. The van der Waals surface area contributed by atoms with Crippen molar-refractivity contribution < 1.29 is 14.3 Å². The van der Waals surface area contributed by atoms with Crippen LogP contribution in [0.1, 0.15) is 17.4 Å². The van der Waals surface area contributed by atoms with Crippen LogP contribution in [-0.4, -0.2) is 52.5 Å². The molecule has 0 radical (unpaired) electrons. The van der Waals surface area contributed by atoms with Gasteiger partial charge in [0.2, 0.25) is 0 Å². The summed E-state index contributed by atoms with van der Waals surface area (Å²) in [6.07, 6.45) is 0. The lowest BCUT2D eigenvalue weighted by atomic mass is 10.2. The number of carbonyl (C=O) groups is 2. The van der Waals surface area contributed by atoms with E-state index in [0.717, 1.165) is 16.7 Å². The number of hydrogen-bond donors (Lipinski definition) is 0. The van der Waals surface area contributed by atoms with E-state index in [1.807, 2.05) is 30.3 Å². The molecule has 120 valence electrons. The quantitative estimate of drug-likeness (QED) is 0.809. The number of pyridine rings is 1. The summed E-state index contributed by atoms with van der Waals surface area (Å²) in [5.74, 6) is 0.829. The Morgan fingerprint density at radius 2 is 2.13 bits per heavy atom. The van der Waals surface area contributed by atoms with Gasteiger partial charge in [-0.05, 0) is 19.1 Å². The Labute approximate surface area is 139 Å². The van der Waals surface area contributed by atoms with E-state index < -0.39 is 6.04 Å². The predicted octanol–water partition coefficient (Wildman–Crippen LogP) is 2.36. The van der Waals surface area contributed by atoms with Gasteiger partial charge in [-0.1, -0.05) is 24.3 Å². The summed E-state index contributed by atoms with van der Waals surface area (Å²) >= 11 is 1.66. The van der Waals surface area contributed by atoms with E-state index in [0.29, 0.717) is 24.6 Å². The molecule has 23 heavy (non-hydrogen) atoms. The zero-order valence-electron chi connectivity index (χ0n) is 12.9. The summed E-state index contributed by atoms with van der Waals surface area (Å²) in [6, 6.07) is 10.7. The highest BCUT2D eigenvalue weighted by molar-refractivity contribution is 7.99. The third-order valence-electron chi connectivity index (χ3n) is 3.77. The summed E-state index contributed by atoms with van der Waals surface area (Å²) in [4.78, 5) is 30.9. The van der Waals surface area contributed by atoms with Crippen LogP contribution in [0, 0.1) is 0 Å². The topological polar surface area (TPSA) is 59.5 Å². The predicted molar refractivity (Wildman–Crippen MR) is 90.5 cm³/mol. The van der Waals surface area contributed by atoms with Crippen LogP contribution in [0.4, 0.5) is 0 Å². The van der Waals surface area contributed by atoms with E-state index in [2.05, 4.69) is 4.98 Å². The first-order valence-electron chi connectivity index (χ1n) is 7.62. The second-order valence-corrected chi connectivity index (χ2v) is 6.38. The summed E-state index contributed by atoms with van der Waals surface area (Å²) in [7, 11) is 0. The van der Waals surface area contributed by atoms with Crippen LogP contribution in [0.25, 0.3) is 10.9 Å². The van der Waals surface area contributed by atoms with Gasteiger partial charge in [0.1, 0.15) is 11.7 Å². The fourth-order valence-electron chi connectivity index (χ4n) is 2.61.